The summed E-state index contributed by atoms with van der Waals surface area (Å²) >= 11 is 0. The quantitative estimate of drug-likeness (QED) is 0.506. The Morgan fingerprint density at radius 3 is 2.82 bits per heavy atom. The number of fused-ring (bicyclic) bond motifs is 3. The van der Waals surface area contributed by atoms with Crippen LogP contribution in [0.25, 0.3) is 10.9 Å². The Hall–Kier alpha value is -3.39. The molecule has 3 N–H and O–H groups in total. The third-order valence-electron chi connectivity index (χ3n) is 6.50. The topological polar surface area (TPSA) is 96.1 Å². The summed E-state index contributed by atoms with van der Waals surface area (Å²) in [7, 11) is 1.72. The van der Waals surface area contributed by atoms with E-state index in [0.29, 0.717) is 30.6 Å². The van der Waals surface area contributed by atoms with Gasteiger partial charge in [-0.3, -0.25) is 0 Å². The first-order chi connectivity index (χ1) is 16.1. The van der Waals surface area contributed by atoms with E-state index < -0.39 is 5.97 Å². The van der Waals surface area contributed by atoms with Gasteiger partial charge < -0.3 is 34.5 Å². The van der Waals surface area contributed by atoms with E-state index in [4.69, 9.17) is 14.2 Å². The number of hydrogen-bond donors (Lipinski definition) is 3. The number of carboxylic acids is 1. The minimum Gasteiger partial charge on any atom is -0.495 e. The highest BCUT2D eigenvalue weighted by Crippen LogP contribution is 2.39. The molecule has 0 aliphatic carbocycles. The van der Waals surface area contributed by atoms with Gasteiger partial charge >= 0.3 is 5.97 Å². The molecule has 0 amide bonds. The minimum absolute atomic E-state index is 0.125. The number of hydrogen-bond acceptors (Lipinski definition) is 6. The molecule has 2 aliphatic heterocycles. The molecule has 0 spiro atoms. The Morgan fingerprint density at radius 2 is 2.03 bits per heavy atom. The Kier molecular flexibility index (Phi) is 6.00. The van der Waals surface area contributed by atoms with Crippen LogP contribution in [-0.4, -0.2) is 62.1 Å². The lowest BCUT2D eigenvalue weighted by Crippen LogP contribution is -2.42. The third-order valence-corrected chi connectivity index (χ3v) is 6.50. The van der Waals surface area contributed by atoms with Crippen molar-refractivity contribution < 1.29 is 24.1 Å². The van der Waals surface area contributed by atoms with Gasteiger partial charge in [-0.15, -0.1) is 0 Å². The number of aromatic carboxylic acids is 1. The Bertz CT molecular complexity index is 1140. The maximum Gasteiger partial charge on any atom is 0.352 e. The van der Waals surface area contributed by atoms with Gasteiger partial charge in [0.25, 0.3) is 0 Å². The van der Waals surface area contributed by atoms with Crippen LogP contribution in [0.3, 0.4) is 0 Å². The molecule has 0 saturated carbocycles. The molecular formula is C25H29N3O5. The molecule has 1 atom stereocenters. The predicted molar refractivity (Wildman–Crippen MR) is 126 cm³/mol. The number of nitrogens with zero attached hydrogens (tertiary/aromatic N) is 1. The fourth-order valence-electron chi connectivity index (χ4n) is 4.71. The zero-order chi connectivity index (χ0) is 22.8. The van der Waals surface area contributed by atoms with Gasteiger partial charge in [0.2, 0.25) is 0 Å². The summed E-state index contributed by atoms with van der Waals surface area (Å²) in [4.78, 5) is 16.6. The predicted octanol–water partition coefficient (Wildman–Crippen LogP) is 3.52. The molecule has 2 aliphatic rings. The van der Waals surface area contributed by atoms with E-state index >= 15 is 0 Å². The number of anilines is 1. The lowest BCUT2D eigenvalue weighted by atomic mass is 9.96. The highest BCUT2D eigenvalue weighted by Gasteiger charge is 2.26. The summed E-state index contributed by atoms with van der Waals surface area (Å²) in [5.41, 5.74) is 2.03. The number of para-hydroxylation sites is 2. The molecule has 1 saturated heterocycles. The molecule has 0 radical (unpaired) electrons. The van der Waals surface area contributed by atoms with E-state index in [2.05, 4.69) is 27.3 Å². The molecule has 0 bridgehead atoms. The Labute approximate surface area is 192 Å². The number of ether oxygens (including phenoxy) is 3. The molecule has 5 rings (SSSR count). The summed E-state index contributed by atoms with van der Waals surface area (Å²) in [6, 6.07) is 13.4. The standard InChI is InChI=1S/C25H29N3O5/c1-31-22-5-3-2-4-21(22)28-10-8-16(9-11-28)13-26-14-17-15-32-23-7-6-19-18(24(23)33-17)12-20(27-19)25(29)30/h2-7,12,16-17,26-27H,8-11,13-15H2,1H3,(H,29,30). The zero-order valence-electron chi connectivity index (χ0n) is 18.7. The SMILES string of the molecule is COc1ccccc1N1CCC(CNCC2COc3ccc4[nH]c(C(=O)O)cc4c3O2)CC1. The molecule has 3 aromatic rings. The molecule has 2 aromatic carbocycles. The largest absolute Gasteiger partial charge is 0.495 e. The van der Waals surface area contributed by atoms with Gasteiger partial charge in [0.1, 0.15) is 24.2 Å². The zero-order valence-corrected chi connectivity index (χ0v) is 18.7. The lowest BCUT2D eigenvalue weighted by Gasteiger charge is -2.34. The van der Waals surface area contributed by atoms with Crippen LogP contribution in [-0.2, 0) is 0 Å². The smallest absolute Gasteiger partial charge is 0.352 e. The number of benzene rings is 2. The van der Waals surface area contributed by atoms with Gasteiger partial charge in [-0.1, -0.05) is 12.1 Å². The number of methoxy groups -OCH3 is 1. The monoisotopic (exact) mass is 451 g/mol. The summed E-state index contributed by atoms with van der Waals surface area (Å²) in [6.07, 6.45) is 2.12. The number of aromatic amines is 1. The van der Waals surface area contributed by atoms with E-state index in [9.17, 15) is 9.90 Å². The molecule has 8 nitrogen and oxygen atoms in total. The number of H-pyrrole nitrogens is 1. The minimum atomic E-state index is -0.994. The van der Waals surface area contributed by atoms with Gasteiger partial charge in [-0.2, -0.15) is 0 Å². The fourth-order valence-corrected chi connectivity index (χ4v) is 4.71. The normalized spacial score (nSPS) is 18.5. The van der Waals surface area contributed by atoms with Crippen molar-refractivity contribution in [1.29, 1.82) is 0 Å². The van der Waals surface area contributed by atoms with Crippen LogP contribution in [0.4, 0.5) is 5.69 Å². The van der Waals surface area contributed by atoms with Crippen LogP contribution in [0.1, 0.15) is 23.3 Å². The van der Waals surface area contributed by atoms with Crippen molar-refractivity contribution in [2.45, 2.75) is 18.9 Å². The fraction of sp³-hybridized carbons (Fsp3) is 0.400. The van der Waals surface area contributed by atoms with Gasteiger partial charge in [-0.05, 0) is 55.6 Å². The molecule has 3 heterocycles. The highest BCUT2D eigenvalue weighted by molar-refractivity contribution is 5.97. The van der Waals surface area contributed by atoms with E-state index in [1.54, 1.807) is 13.2 Å². The molecule has 174 valence electrons. The molecule has 1 unspecified atom stereocenters. The Balaban J connectivity index is 1.13. The second kappa shape index (κ2) is 9.23. The summed E-state index contributed by atoms with van der Waals surface area (Å²) in [5.74, 6) is 1.81. The average Bonchev–Trinajstić information content (AvgIpc) is 3.30. The van der Waals surface area contributed by atoms with Gasteiger partial charge in [-0.25, -0.2) is 4.79 Å². The molecule has 33 heavy (non-hydrogen) atoms. The first kappa shape index (κ1) is 21.5. The van der Waals surface area contributed by atoms with E-state index in [0.717, 1.165) is 49.1 Å². The molecular weight excluding hydrogens is 422 g/mol. The maximum absolute atomic E-state index is 11.3. The summed E-state index contributed by atoms with van der Waals surface area (Å²) < 4.78 is 17.6. The van der Waals surface area contributed by atoms with Gasteiger partial charge in [0.15, 0.2) is 11.5 Å². The van der Waals surface area contributed by atoms with Crippen molar-refractivity contribution in [2.24, 2.45) is 5.92 Å². The lowest BCUT2D eigenvalue weighted by molar-refractivity contribution is 0.0691. The van der Waals surface area contributed by atoms with E-state index in [-0.39, 0.29) is 11.8 Å². The number of carbonyl (C=O) groups is 1. The van der Waals surface area contributed by atoms with Crippen molar-refractivity contribution in [3.8, 4) is 17.2 Å². The van der Waals surface area contributed by atoms with Crippen molar-refractivity contribution in [1.82, 2.24) is 10.3 Å². The van der Waals surface area contributed by atoms with Crippen molar-refractivity contribution in [3.05, 3.63) is 48.2 Å². The second-order valence-electron chi connectivity index (χ2n) is 8.65. The highest BCUT2D eigenvalue weighted by atomic mass is 16.6. The number of carboxylic acid groups (broad SMARTS) is 1. The summed E-state index contributed by atoms with van der Waals surface area (Å²) in [6.45, 7) is 4.11. The molecule has 1 aromatic heterocycles. The van der Waals surface area contributed by atoms with Crippen molar-refractivity contribution >= 4 is 22.6 Å². The number of aromatic nitrogens is 1. The van der Waals surface area contributed by atoms with Crippen LogP contribution < -0.4 is 24.4 Å². The van der Waals surface area contributed by atoms with E-state index in [1.165, 1.54) is 5.69 Å². The second-order valence-corrected chi connectivity index (χ2v) is 8.65. The van der Waals surface area contributed by atoms with Gasteiger partial charge in [0.05, 0.1) is 18.3 Å². The Morgan fingerprint density at radius 1 is 1.21 bits per heavy atom. The number of piperidine rings is 1. The number of rotatable bonds is 7. The summed E-state index contributed by atoms with van der Waals surface area (Å²) in [5, 5.41) is 13.6. The van der Waals surface area contributed by atoms with Crippen LogP contribution in [0, 0.1) is 5.92 Å². The first-order valence-corrected chi connectivity index (χ1v) is 11.4. The third kappa shape index (κ3) is 4.43. The van der Waals surface area contributed by atoms with Crippen molar-refractivity contribution in [3.63, 3.8) is 0 Å². The van der Waals surface area contributed by atoms with Crippen LogP contribution >= 0.6 is 0 Å². The van der Waals surface area contributed by atoms with Crippen LogP contribution in [0.15, 0.2) is 42.5 Å². The van der Waals surface area contributed by atoms with Crippen LogP contribution in [0.2, 0.25) is 0 Å². The first-order valence-electron chi connectivity index (χ1n) is 11.4. The van der Waals surface area contributed by atoms with Gasteiger partial charge in [0, 0.05) is 25.0 Å². The average molecular weight is 452 g/mol. The van der Waals surface area contributed by atoms with Crippen LogP contribution in [0.5, 0.6) is 17.2 Å². The van der Waals surface area contributed by atoms with E-state index in [1.807, 2.05) is 24.3 Å². The number of nitrogens with one attached hydrogen (secondary N) is 2. The maximum atomic E-state index is 11.3. The molecule has 8 heteroatoms. The van der Waals surface area contributed by atoms with Crippen molar-refractivity contribution in [2.75, 3.05) is 44.8 Å². The molecule has 1 fully saturated rings.